The second-order valence-electron chi connectivity index (χ2n) is 3.85. The van der Waals surface area contributed by atoms with Crippen LogP contribution in [0, 0.1) is 0 Å². The van der Waals surface area contributed by atoms with Gasteiger partial charge in [-0.2, -0.15) is 5.10 Å². The third-order valence-electron chi connectivity index (χ3n) is 2.27. The standard InChI is InChI=1S/C11H21N5O/c1-3-5-13-11(17)8-12-7-10-14-9-15-16(10)6-4-2/h9,12H,3-8H2,1-2H3,(H,13,17). The average molecular weight is 239 g/mol. The molecule has 1 rings (SSSR count). The van der Waals surface area contributed by atoms with Crippen LogP contribution in [0.15, 0.2) is 6.33 Å². The molecule has 0 bridgehead atoms. The molecule has 96 valence electrons. The van der Waals surface area contributed by atoms with Crippen molar-refractivity contribution in [1.29, 1.82) is 0 Å². The van der Waals surface area contributed by atoms with Crippen molar-refractivity contribution in [2.75, 3.05) is 13.1 Å². The van der Waals surface area contributed by atoms with Gasteiger partial charge in [-0.1, -0.05) is 13.8 Å². The van der Waals surface area contributed by atoms with Gasteiger partial charge in [0.1, 0.15) is 12.2 Å². The molecule has 0 atom stereocenters. The summed E-state index contributed by atoms with van der Waals surface area (Å²) < 4.78 is 1.86. The van der Waals surface area contributed by atoms with E-state index >= 15 is 0 Å². The lowest BCUT2D eigenvalue weighted by atomic mass is 10.4. The van der Waals surface area contributed by atoms with Crippen LogP contribution in [0.2, 0.25) is 0 Å². The van der Waals surface area contributed by atoms with Crippen LogP contribution < -0.4 is 10.6 Å². The monoisotopic (exact) mass is 239 g/mol. The Hall–Kier alpha value is -1.43. The Bertz CT molecular complexity index is 336. The van der Waals surface area contributed by atoms with Gasteiger partial charge >= 0.3 is 0 Å². The zero-order valence-corrected chi connectivity index (χ0v) is 10.6. The molecule has 2 N–H and O–H groups in total. The highest BCUT2D eigenvalue weighted by Gasteiger charge is 2.04. The molecule has 1 amide bonds. The molecule has 0 fully saturated rings. The van der Waals surface area contributed by atoms with Gasteiger partial charge in [-0.15, -0.1) is 0 Å². The first-order valence-electron chi connectivity index (χ1n) is 6.12. The van der Waals surface area contributed by atoms with E-state index in [9.17, 15) is 4.79 Å². The molecule has 6 nitrogen and oxygen atoms in total. The van der Waals surface area contributed by atoms with Gasteiger partial charge in [0.2, 0.25) is 5.91 Å². The van der Waals surface area contributed by atoms with Gasteiger partial charge in [0.15, 0.2) is 0 Å². The molecular weight excluding hydrogens is 218 g/mol. The first kappa shape index (κ1) is 13.6. The highest BCUT2D eigenvalue weighted by Crippen LogP contribution is 1.95. The van der Waals surface area contributed by atoms with E-state index in [2.05, 4.69) is 27.6 Å². The number of carbonyl (C=O) groups is 1. The van der Waals surface area contributed by atoms with Crippen molar-refractivity contribution in [3.8, 4) is 0 Å². The van der Waals surface area contributed by atoms with Crippen LogP contribution in [0.3, 0.4) is 0 Å². The van der Waals surface area contributed by atoms with Gasteiger partial charge in [0, 0.05) is 13.1 Å². The summed E-state index contributed by atoms with van der Waals surface area (Å²) in [5.41, 5.74) is 0. The zero-order valence-electron chi connectivity index (χ0n) is 10.6. The Kier molecular flexibility index (Phi) is 6.24. The number of amides is 1. The molecule has 1 aromatic rings. The summed E-state index contributed by atoms with van der Waals surface area (Å²) in [6, 6.07) is 0. The van der Waals surface area contributed by atoms with Crippen LogP contribution in [0.1, 0.15) is 32.5 Å². The van der Waals surface area contributed by atoms with Crippen LogP contribution in [0.5, 0.6) is 0 Å². The van der Waals surface area contributed by atoms with Crippen molar-refractivity contribution in [1.82, 2.24) is 25.4 Å². The molecule has 0 aliphatic rings. The van der Waals surface area contributed by atoms with Crippen molar-refractivity contribution in [3.63, 3.8) is 0 Å². The summed E-state index contributed by atoms with van der Waals surface area (Å²) in [5, 5.41) is 9.99. The Morgan fingerprint density at radius 1 is 1.41 bits per heavy atom. The highest BCUT2D eigenvalue weighted by molar-refractivity contribution is 5.77. The normalized spacial score (nSPS) is 10.5. The number of aryl methyl sites for hydroxylation is 1. The maximum Gasteiger partial charge on any atom is 0.233 e. The predicted octanol–water partition coefficient (Wildman–Crippen LogP) is 0.304. The highest BCUT2D eigenvalue weighted by atomic mass is 16.1. The number of hydrogen-bond donors (Lipinski definition) is 2. The number of aromatic nitrogens is 3. The minimum absolute atomic E-state index is 0.0217. The van der Waals surface area contributed by atoms with Gasteiger partial charge < -0.3 is 10.6 Å². The van der Waals surface area contributed by atoms with E-state index in [-0.39, 0.29) is 5.91 Å². The van der Waals surface area contributed by atoms with E-state index < -0.39 is 0 Å². The summed E-state index contributed by atoms with van der Waals surface area (Å²) >= 11 is 0. The molecule has 0 unspecified atom stereocenters. The lowest BCUT2D eigenvalue weighted by molar-refractivity contribution is -0.120. The third-order valence-corrected chi connectivity index (χ3v) is 2.27. The van der Waals surface area contributed by atoms with Crippen molar-refractivity contribution >= 4 is 5.91 Å². The summed E-state index contributed by atoms with van der Waals surface area (Å²) in [7, 11) is 0. The molecule has 0 aliphatic carbocycles. The summed E-state index contributed by atoms with van der Waals surface area (Å²) in [4.78, 5) is 15.5. The zero-order chi connectivity index (χ0) is 12.5. The Morgan fingerprint density at radius 2 is 2.24 bits per heavy atom. The number of rotatable bonds is 8. The van der Waals surface area contributed by atoms with Gasteiger partial charge in [0.05, 0.1) is 13.1 Å². The summed E-state index contributed by atoms with van der Waals surface area (Å²) in [6.07, 6.45) is 3.52. The number of carbonyl (C=O) groups excluding carboxylic acids is 1. The van der Waals surface area contributed by atoms with E-state index in [1.165, 1.54) is 0 Å². The number of nitrogens with one attached hydrogen (secondary N) is 2. The SMILES string of the molecule is CCCNC(=O)CNCc1ncnn1CCC. The molecule has 0 aliphatic heterocycles. The quantitative estimate of drug-likeness (QED) is 0.684. The third kappa shape index (κ3) is 4.95. The van der Waals surface area contributed by atoms with Crippen molar-refractivity contribution < 1.29 is 4.79 Å². The van der Waals surface area contributed by atoms with Crippen molar-refractivity contribution in [2.45, 2.75) is 39.8 Å². The summed E-state index contributed by atoms with van der Waals surface area (Å²) in [6.45, 7) is 6.60. The minimum atomic E-state index is 0.0217. The van der Waals surface area contributed by atoms with Gasteiger partial charge in [-0.05, 0) is 12.8 Å². The van der Waals surface area contributed by atoms with E-state index in [0.717, 1.165) is 31.8 Å². The van der Waals surface area contributed by atoms with E-state index in [0.29, 0.717) is 13.1 Å². The maximum atomic E-state index is 11.3. The second-order valence-corrected chi connectivity index (χ2v) is 3.85. The molecule has 0 saturated heterocycles. The number of nitrogens with zero attached hydrogens (tertiary/aromatic N) is 3. The maximum absolute atomic E-state index is 11.3. The van der Waals surface area contributed by atoms with Crippen LogP contribution in [0.25, 0.3) is 0 Å². The largest absolute Gasteiger partial charge is 0.355 e. The van der Waals surface area contributed by atoms with E-state index in [4.69, 9.17) is 0 Å². The fourth-order valence-electron chi connectivity index (χ4n) is 1.44. The second kappa shape index (κ2) is 7.78. The van der Waals surface area contributed by atoms with Gasteiger partial charge in [-0.25, -0.2) is 9.67 Å². The molecule has 0 radical (unpaired) electrons. The van der Waals surface area contributed by atoms with E-state index in [1.807, 2.05) is 11.6 Å². The summed E-state index contributed by atoms with van der Waals surface area (Å²) in [5.74, 6) is 0.892. The fraction of sp³-hybridized carbons (Fsp3) is 0.727. The predicted molar refractivity (Wildman–Crippen MR) is 65.3 cm³/mol. The van der Waals surface area contributed by atoms with Crippen LogP contribution in [0.4, 0.5) is 0 Å². The smallest absolute Gasteiger partial charge is 0.233 e. The minimum Gasteiger partial charge on any atom is -0.355 e. The molecule has 0 saturated carbocycles. The molecule has 17 heavy (non-hydrogen) atoms. The van der Waals surface area contributed by atoms with Gasteiger partial charge in [0.25, 0.3) is 0 Å². The molecule has 0 aromatic carbocycles. The molecule has 6 heteroatoms. The van der Waals surface area contributed by atoms with Crippen LogP contribution in [-0.2, 0) is 17.9 Å². The molecule has 0 spiro atoms. The Balaban J connectivity index is 2.25. The van der Waals surface area contributed by atoms with Crippen molar-refractivity contribution in [2.24, 2.45) is 0 Å². The van der Waals surface area contributed by atoms with Crippen molar-refractivity contribution in [3.05, 3.63) is 12.2 Å². The Morgan fingerprint density at radius 3 is 2.94 bits per heavy atom. The lowest BCUT2D eigenvalue weighted by Gasteiger charge is -2.06. The molecular formula is C11H21N5O. The van der Waals surface area contributed by atoms with Crippen LogP contribution >= 0.6 is 0 Å². The van der Waals surface area contributed by atoms with Crippen LogP contribution in [-0.4, -0.2) is 33.8 Å². The topological polar surface area (TPSA) is 71.8 Å². The number of hydrogen-bond acceptors (Lipinski definition) is 4. The molecule has 1 aromatic heterocycles. The first-order valence-corrected chi connectivity index (χ1v) is 6.12. The lowest BCUT2D eigenvalue weighted by Crippen LogP contribution is -2.34. The Labute approximate surface area is 102 Å². The van der Waals surface area contributed by atoms with Gasteiger partial charge in [-0.3, -0.25) is 4.79 Å². The fourth-order valence-corrected chi connectivity index (χ4v) is 1.44. The molecule has 1 heterocycles. The van der Waals surface area contributed by atoms with E-state index in [1.54, 1.807) is 6.33 Å². The average Bonchev–Trinajstić information content (AvgIpc) is 2.75. The first-order chi connectivity index (χ1) is 8.27.